The van der Waals surface area contributed by atoms with Crippen molar-refractivity contribution >= 4 is 16.8 Å². The number of carbonyl (C=O) groups excluding carboxylic acids is 1. The van der Waals surface area contributed by atoms with Gasteiger partial charge in [0, 0.05) is 48.1 Å². The molecule has 0 aliphatic heterocycles. The number of rotatable bonds is 2. The van der Waals surface area contributed by atoms with E-state index in [0.29, 0.717) is 18.4 Å². The van der Waals surface area contributed by atoms with Gasteiger partial charge in [0.05, 0.1) is 0 Å². The number of carbonyl (C=O) groups is 1. The molecule has 0 aliphatic rings. The molecule has 1 heterocycles. The Bertz CT molecular complexity index is 763. The highest BCUT2D eigenvalue weighted by Gasteiger charge is 2.00. The number of pyridine rings is 1. The Kier molecular flexibility index (Phi) is 4.21. The van der Waals surface area contributed by atoms with Crippen molar-refractivity contribution in [3.05, 3.63) is 45.7 Å². The Morgan fingerprint density at radius 3 is 2.90 bits per heavy atom. The molecule has 1 amide bonds. The van der Waals surface area contributed by atoms with Crippen LogP contribution in [0.4, 0.5) is 0 Å². The molecular formula is C16H16N2O2. The van der Waals surface area contributed by atoms with Crippen LogP contribution < -0.4 is 10.7 Å². The Hall–Kier alpha value is -2.54. The summed E-state index contributed by atoms with van der Waals surface area (Å²) < 4.78 is 0. The van der Waals surface area contributed by atoms with Gasteiger partial charge in [-0.1, -0.05) is 11.8 Å². The third-order valence-electron chi connectivity index (χ3n) is 2.82. The summed E-state index contributed by atoms with van der Waals surface area (Å²) in [5.41, 5.74) is 2.46. The number of aromatic nitrogens is 1. The van der Waals surface area contributed by atoms with Crippen LogP contribution >= 0.6 is 0 Å². The van der Waals surface area contributed by atoms with Crippen LogP contribution in [0.15, 0.2) is 29.1 Å². The van der Waals surface area contributed by atoms with E-state index in [2.05, 4.69) is 22.1 Å². The van der Waals surface area contributed by atoms with E-state index in [1.165, 1.54) is 6.92 Å². The first-order valence-electron chi connectivity index (χ1n) is 6.43. The van der Waals surface area contributed by atoms with Gasteiger partial charge >= 0.3 is 0 Å². The Morgan fingerprint density at radius 2 is 2.15 bits per heavy atom. The molecule has 2 aromatic rings. The van der Waals surface area contributed by atoms with E-state index in [-0.39, 0.29) is 11.3 Å². The summed E-state index contributed by atoms with van der Waals surface area (Å²) >= 11 is 0. The maximum atomic E-state index is 11.9. The average Bonchev–Trinajstić information content (AvgIpc) is 2.38. The number of hydrogen-bond acceptors (Lipinski definition) is 2. The fourth-order valence-corrected chi connectivity index (χ4v) is 1.92. The van der Waals surface area contributed by atoms with Crippen molar-refractivity contribution < 1.29 is 4.79 Å². The van der Waals surface area contributed by atoms with Crippen molar-refractivity contribution in [1.82, 2.24) is 10.3 Å². The molecule has 0 bridgehead atoms. The van der Waals surface area contributed by atoms with Crippen LogP contribution in [0.2, 0.25) is 0 Å². The second-order valence-electron chi connectivity index (χ2n) is 4.61. The van der Waals surface area contributed by atoms with E-state index in [0.717, 1.165) is 16.8 Å². The lowest BCUT2D eigenvalue weighted by molar-refractivity contribution is -0.118. The van der Waals surface area contributed by atoms with Gasteiger partial charge in [0.2, 0.25) is 5.91 Å². The first kappa shape index (κ1) is 13.9. The SMILES string of the molecule is CC(=O)NCCC#Cc1ccc2[nH]c(C)cc(=O)c2c1. The van der Waals surface area contributed by atoms with Crippen LogP contribution in [0.3, 0.4) is 0 Å². The minimum Gasteiger partial charge on any atom is -0.358 e. The topological polar surface area (TPSA) is 62.0 Å². The summed E-state index contributed by atoms with van der Waals surface area (Å²) in [6, 6.07) is 7.11. The lowest BCUT2D eigenvalue weighted by atomic mass is 10.1. The maximum absolute atomic E-state index is 11.9. The molecule has 0 atom stereocenters. The summed E-state index contributed by atoms with van der Waals surface area (Å²) in [4.78, 5) is 25.7. The second-order valence-corrected chi connectivity index (χ2v) is 4.61. The molecule has 2 N–H and O–H groups in total. The molecule has 4 heteroatoms. The molecule has 0 radical (unpaired) electrons. The van der Waals surface area contributed by atoms with Gasteiger partial charge in [-0.25, -0.2) is 0 Å². The van der Waals surface area contributed by atoms with E-state index in [4.69, 9.17) is 0 Å². The molecule has 0 aliphatic carbocycles. The Balaban J connectivity index is 2.18. The zero-order chi connectivity index (χ0) is 14.5. The molecule has 20 heavy (non-hydrogen) atoms. The standard InChI is InChI=1S/C16H16N2O2/c1-11-9-16(20)14-10-13(6-7-15(14)18-11)5-3-4-8-17-12(2)19/h6-7,9-10H,4,8H2,1-2H3,(H,17,19)(H,18,20). The minimum absolute atomic E-state index is 0.00172. The lowest BCUT2D eigenvalue weighted by Gasteiger charge is -2.00. The summed E-state index contributed by atoms with van der Waals surface area (Å²) in [7, 11) is 0. The van der Waals surface area contributed by atoms with E-state index in [9.17, 15) is 9.59 Å². The molecule has 2 rings (SSSR count). The van der Waals surface area contributed by atoms with Gasteiger partial charge in [-0.3, -0.25) is 9.59 Å². The zero-order valence-corrected chi connectivity index (χ0v) is 11.5. The Labute approximate surface area is 117 Å². The fourth-order valence-electron chi connectivity index (χ4n) is 1.92. The van der Waals surface area contributed by atoms with Crippen molar-refractivity contribution in [2.75, 3.05) is 6.54 Å². The van der Waals surface area contributed by atoms with Gasteiger partial charge in [0.15, 0.2) is 5.43 Å². The molecule has 1 aromatic carbocycles. The molecule has 0 unspecified atom stereocenters. The van der Waals surface area contributed by atoms with Crippen LogP contribution in [0.5, 0.6) is 0 Å². The van der Waals surface area contributed by atoms with E-state index < -0.39 is 0 Å². The number of nitrogens with one attached hydrogen (secondary N) is 2. The quantitative estimate of drug-likeness (QED) is 0.643. The fraction of sp³-hybridized carbons (Fsp3) is 0.250. The van der Waals surface area contributed by atoms with Crippen molar-refractivity contribution in [3.63, 3.8) is 0 Å². The molecule has 0 saturated carbocycles. The third kappa shape index (κ3) is 3.48. The van der Waals surface area contributed by atoms with Gasteiger partial charge in [-0.2, -0.15) is 0 Å². The van der Waals surface area contributed by atoms with Crippen molar-refractivity contribution in [2.24, 2.45) is 0 Å². The van der Waals surface area contributed by atoms with E-state index in [1.54, 1.807) is 12.1 Å². The number of hydrogen-bond donors (Lipinski definition) is 2. The van der Waals surface area contributed by atoms with Gasteiger partial charge in [0.1, 0.15) is 0 Å². The maximum Gasteiger partial charge on any atom is 0.216 e. The second kappa shape index (κ2) is 6.07. The summed E-state index contributed by atoms with van der Waals surface area (Å²) in [6.07, 6.45) is 0.585. The summed E-state index contributed by atoms with van der Waals surface area (Å²) in [5, 5.41) is 3.32. The molecular weight excluding hydrogens is 252 g/mol. The monoisotopic (exact) mass is 268 g/mol. The molecule has 102 valence electrons. The van der Waals surface area contributed by atoms with Gasteiger partial charge in [0.25, 0.3) is 0 Å². The third-order valence-corrected chi connectivity index (χ3v) is 2.82. The normalized spacial score (nSPS) is 9.90. The lowest BCUT2D eigenvalue weighted by Crippen LogP contribution is -2.20. The van der Waals surface area contributed by atoms with Crippen LogP contribution in [-0.2, 0) is 4.79 Å². The number of aromatic amines is 1. The molecule has 1 aromatic heterocycles. The highest BCUT2D eigenvalue weighted by molar-refractivity contribution is 5.80. The van der Waals surface area contributed by atoms with E-state index >= 15 is 0 Å². The minimum atomic E-state index is -0.0561. The Morgan fingerprint density at radius 1 is 1.35 bits per heavy atom. The van der Waals surface area contributed by atoms with E-state index in [1.807, 2.05) is 19.1 Å². The summed E-state index contributed by atoms with van der Waals surface area (Å²) in [5.74, 6) is 5.92. The summed E-state index contributed by atoms with van der Waals surface area (Å²) in [6.45, 7) is 3.87. The van der Waals surface area contributed by atoms with Crippen LogP contribution in [0.1, 0.15) is 24.6 Å². The predicted molar refractivity (Wildman–Crippen MR) is 79.5 cm³/mol. The van der Waals surface area contributed by atoms with Gasteiger partial charge in [-0.15, -0.1) is 0 Å². The number of benzene rings is 1. The van der Waals surface area contributed by atoms with Gasteiger partial charge in [-0.05, 0) is 25.1 Å². The first-order valence-corrected chi connectivity index (χ1v) is 6.43. The van der Waals surface area contributed by atoms with Gasteiger partial charge < -0.3 is 10.3 Å². The number of H-pyrrole nitrogens is 1. The molecule has 0 fully saturated rings. The molecule has 0 spiro atoms. The van der Waals surface area contributed by atoms with Crippen molar-refractivity contribution in [3.8, 4) is 11.8 Å². The number of amides is 1. The van der Waals surface area contributed by atoms with Crippen molar-refractivity contribution in [1.29, 1.82) is 0 Å². The van der Waals surface area contributed by atoms with Crippen molar-refractivity contribution in [2.45, 2.75) is 20.3 Å². The first-order chi connectivity index (χ1) is 9.56. The highest BCUT2D eigenvalue weighted by Crippen LogP contribution is 2.10. The highest BCUT2D eigenvalue weighted by atomic mass is 16.1. The zero-order valence-electron chi connectivity index (χ0n) is 11.5. The number of fused-ring (bicyclic) bond motifs is 1. The van der Waals surface area contributed by atoms with Crippen LogP contribution in [-0.4, -0.2) is 17.4 Å². The molecule has 4 nitrogen and oxygen atoms in total. The van der Waals surface area contributed by atoms with Crippen LogP contribution in [0, 0.1) is 18.8 Å². The average molecular weight is 268 g/mol. The smallest absolute Gasteiger partial charge is 0.216 e. The largest absolute Gasteiger partial charge is 0.358 e. The number of aryl methyl sites for hydroxylation is 1. The predicted octanol–water partition coefficient (Wildman–Crippen LogP) is 1.71. The van der Waals surface area contributed by atoms with Crippen LogP contribution in [0.25, 0.3) is 10.9 Å². The molecule has 0 saturated heterocycles.